The van der Waals surface area contributed by atoms with Gasteiger partial charge in [0.2, 0.25) is 0 Å². The Kier molecular flexibility index (Phi) is 23.1. The van der Waals surface area contributed by atoms with Crippen LogP contribution in [0, 0.1) is 0 Å². The number of hydrogen-bond donors (Lipinski definition) is 2. The van der Waals surface area contributed by atoms with Gasteiger partial charge in [-0.2, -0.15) is 12.6 Å². The van der Waals surface area contributed by atoms with E-state index < -0.39 is 0 Å². The van der Waals surface area contributed by atoms with Crippen molar-refractivity contribution < 1.29 is 40.4 Å². The Morgan fingerprint density at radius 1 is 0.654 bits per heavy atom. The van der Waals surface area contributed by atoms with E-state index in [1.54, 1.807) is 0 Å². The Bertz CT molecular complexity index is 261. The standard InChI is InChI=1S/C17H36O8S/c1-2-3-4-5-8-11-14-17(26)15-12-9-6-7-10-13-16-19-21-23-25-24-22-20-18/h17-18,26H,2-16H2,1H3. The molecule has 0 amide bonds. The first-order chi connectivity index (χ1) is 12.8. The van der Waals surface area contributed by atoms with Gasteiger partial charge >= 0.3 is 0 Å². The Balaban J connectivity index is 3.09. The zero-order valence-corrected chi connectivity index (χ0v) is 16.8. The summed E-state index contributed by atoms with van der Waals surface area (Å²) in [5, 5.41) is 30.2. The lowest BCUT2D eigenvalue weighted by molar-refractivity contribution is -0.812. The third-order valence-electron chi connectivity index (χ3n) is 4.10. The van der Waals surface area contributed by atoms with Crippen molar-refractivity contribution in [2.75, 3.05) is 6.61 Å². The van der Waals surface area contributed by atoms with Gasteiger partial charge in [0.05, 0.1) is 6.61 Å². The van der Waals surface area contributed by atoms with Crippen molar-refractivity contribution in [3.63, 3.8) is 0 Å². The second-order valence-electron chi connectivity index (χ2n) is 6.36. The van der Waals surface area contributed by atoms with E-state index in [4.69, 9.17) is 17.9 Å². The fourth-order valence-electron chi connectivity index (χ4n) is 2.65. The SMILES string of the molecule is CCCCCCCCC(S)CCCCCCCCOOOOOOOO. The highest BCUT2D eigenvalue weighted by molar-refractivity contribution is 7.80. The third kappa shape index (κ3) is 22.1. The molecule has 1 atom stereocenters. The summed E-state index contributed by atoms with van der Waals surface area (Å²) in [5.41, 5.74) is 0. The van der Waals surface area contributed by atoms with Crippen molar-refractivity contribution in [2.45, 2.75) is 102 Å². The molecule has 158 valence electrons. The molecule has 8 nitrogen and oxygen atoms in total. The maximum absolute atomic E-state index is 7.68. The first kappa shape index (κ1) is 26.0. The van der Waals surface area contributed by atoms with Crippen molar-refractivity contribution in [1.82, 2.24) is 0 Å². The van der Waals surface area contributed by atoms with E-state index in [-0.39, 0.29) is 0 Å². The van der Waals surface area contributed by atoms with Crippen LogP contribution >= 0.6 is 12.6 Å². The highest BCUT2D eigenvalue weighted by atomic mass is 32.1. The molecule has 0 aliphatic rings. The number of thiol groups is 1. The lowest BCUT2D eigenvalue weighted by Crippen LogP contribution is -2.01. The van der Waals surface area contributed by atoms with Crippen LogP contribution in [0.3, 0.4) is 0 Å². The lowest BCUT2D eigenvalue weighted by Gasteiger charge is -2.10. The summed E-state index contributed by atoms with van der Waals surface area (Å²) in [6.45, 7) is 2.63. The minimum atomic E-state index is 0.373. The summed E-state index contributed by atoms with van der Waals surface area (Å²) < 4.78 is 0. The topological polar surface area (TPSA) is 84.8 Å². The van der Waals surface area contributed by atoms with Gasteiger partial charge in [-0.25, -0.2) is 10.1 Å². The van der Waals surface area contributed by atoms with Crippen LogP contribution in [0.15, 0.2) is 0 Å². The first-order valence-corrected chi connectivity index (χ1v) is 10.3. The molecule has 0 aliphatic carbocycles. The van der Waals surface area contributed by atoms with Crippen LogP contribution in [-0.4, -0.2) is 17.1 Å². The molecule has 0 saturated heterocycles. The molecule has 0 radical (unpaired) electrons. The van der Waals surface area contributed by atoms with E-state index >= 15 is 0 Å². The molecular formula is C17H36O8S. The number of hydrogen-bond acceptors (Lipinski definition) is 9. The van der Waals surface area contributed by atoms with Gasteiger partial charge < -0.3 is 0 Å². The zero-order chi connectivity index (χ0) is 19.1. The second kappa shape index (κ2) is 23.1. The van der Waals surface area contributed by atoms with Gasteiger partial charge in [0, 0.05) is 5.25 Å². The molecule has 0 aromatic carbocycles. The maximum Gasteiger partial charge on any atom is 0.0855 e. The minimum absolute atomic E-state index is 0.373. The molecule has 26 heavy (non-hydrogen) atoms. The highest BCUT2D eigenvalue weighted by Crippen LogP contribution is 2.17. The molecule has 0 spiro atoms. The molecule has 0 bridgehead atoms. The summed E-state index contributed by atoms with van der Waals surface area (Å²) >= 11 is 4.70. The van der Waals surface area contributed by atoms with Gasteiger partial charge in [-0.05, 0) is 49.5 Å². The van der Waals surface area contributed by atoms with Crippen LogP contribution in [0.1, 0.15) is 96.8 Å². The second-order valence-corrected chi connectivity index (χ2v) is 7.09. The quantitative estimate of drug-likeness (QED) is 0.101. The van der Waals surface area contributed by atoms with Gasteiger partial charge in [0.25, 0.3) is 0 Å². The normalized spacial score (nSPS) is 12.6. The van der Waals surface area contributed by atoms with Gasteiger partial charge in [-0.1, -0.05) is 77.6 Å². The molecule has 0 aliphatic heterocycles. The fourth-order valence-corrected chi connectivity index (χ4v) is 3.02. The monoisotopic (exact) mass is 400 g/mol. The van der Waals surface area contributed by atoms with E-state index in [9.17, 15) is 0 Å². The molecular weight excluding hydrogens is 364 g/mol. The van der Waals surface area contributed by atoms with Crippen LogP contribution in [0.25, 0.3) is 0 Å². The summed E-state index contributed by atoms with van der Waals surface area (Å²) in [4.78, 5) is 4.65. The minimum Gasteiger partial charge on any atom is -0.219 e. The molecule has 0 aromatic rings. The van der Waals surface area contributed by atoms with Crippen molar-refractivity contribution in [3.05, 3.63) is 0 Å². The summed E-state index contributed by atoms with van der Waals surface area (Å²) in [5.74, 6) is 0. The van der Waals surface area contributed by atoms with Crippen LogP contribution in [0.4, 0.5) is 0 Å². The van der Waals surface area contributed by atoms with Gasteiger partial charge in [-0.3, -0.25) is 0 Å². The van der Waals surface area contributed by atoms with Crippen LogP contribution in [-0.2, 0) is 35.1 Å². The zero-order valence-electron chi connectivity index (χ0n) is 15.9. The first-order valence-electron chi connectivity index (χ1n) is 9.75. The number of rotatable bonds is 22. The Morgan fingerprint density at radius 3 is 1.77 bits per heavy atom. The number of unbranched alkanes of at least 4 members (excludes halogenated alkanes) is 10. The molecule has 0 rings (SSSR count). The average Bonchev–Trinajstić information content (AvgIpc) is 2.65. The smallest absolute Gasteiger partial charge is 0.0855 e. The molecule has 0 heterocycles. The predicted molar refractivity (Wildman–Crippen MR) is 98.2 cm³/mol. The maximum atomic E-state index is 7.68. The third-order valence-corrected chi connectivity index (χ3v) is 4.61. The van der Waals surface area contributed by atoms with Gasteiger partial charge in [0.15, 0.2) is 0 Å². The van der Waals surface area contributed by atoms with Gasteiger partial charge in [-0.15, -0.1) is 0 Å². The van der Waals surface area contributed by atoms with Gasteiger partial charge in [0.1, 0.15) is 0 Å². The summed E-state index contributed by atoms with van der Waals surface area (Å²) in [7, 11) is 0. The molecule has 0 aromatic heterocycles. The van der Waals surface area contributed by atoms with Crippen molar-refractivity contribution in [2.24, 2.45) is 0 Å². The average molecular weight is 401 g/mol. The fraction of sp³-hybridized carbons (Fsp3) is 1.00. The summed E-state index contributed by atoms with van der Waals surface area (Å²) in [6, 6.07) is 0. The Morgan fingerprint density at radius 2 is 1.15 bits per heavy atom. The molecule has 9 heteroatoms. The largest absolute Gasteiger partial charge is 0.219 e. The molecule has 1 unspecified atom stereocenters. The lowest BCUT2D eigenvalue weighted by atomic mass is 10.0. The van der Waals surface area contributed by atoms with E-state index in [2.05, 4.69) is 42.0 Å². The highest BCUT2D eigenvalue weighted by Gasteiger charge is 2.03. The molecule has 0 fully saturated rings. The molecule has 0 saturated carbocycles. The van der Waals surface area contributed by atoms with Crippen LogP contribution < -0.4 is 0 Å². The Hall–Kier alpha value is 0.0300. The molecule has 1 N–H and O–H groups in total. The predicted octanol–water partition coefficient (Wildman–Crippen LogP) is 5.85. The summed E-state index contributed by atoms with van der Waals surface area (Å²) in [6.07, 6.45) is 17.4. The van der Waals surface area contributed by atoms with E-state index in [1.165, 1.54) is 77.0 Å². The van der Waals surface area contributed by atoms with Crippen molar-refractivity contribution >= 4 is 12.6 Å². The van der Waals surface area contributed by atoms with E-state index in [0.29, 0.717) is 11.9 Å². The van der Waals surface area contributed by atoms with E-state index in [0.717, 1.165) is 12.8 Å². The van der Waals surface area contributed by atoms with Crippen molar-refractivity contribution in [3.8, 4) is 0 Å². The van der Waals surface area contributed by atoms with Crippen LogP contribution in [0.5, 0.6) is 0 Å². The van der Waals surface area contributed by atoms with E-state index in [1.807, 2.05) is 0 Å². The van der Waals surface area contributed by atoms with Crippen molar-refractivity contribution in [1.29, 1.82) is 0 Å². The van der Waals surface area contributed by atoms with Crippen LogP contribution in [0.2, 0.25) is 0 Å². The Labute approximate surface area is 162 Å².